The van der Waals surface area contributed by atoms with Gasteiger partial charge in [0.1, 0.15) is 0 Å². The van der Waals surface area contributed by atoms with Gasteiger partial charge in [0.25, 0.3) is 0 Å². The molecule has 18 heavy (non-hydrogen) atoms. The first kappa shape index (κ1) is 14.6. The molecule has 0 aliphatic heterocycles. The second kappa shape index (κ2) is 6.09. The molecule has 2 heteroatoms. The van der Waals surface area contributed by atoms with Gasteiger partial charge in [-0.25, -0.2) is 0 Å². The SMILES string of the molecule is CC(C)(C)C1CCC(Br)C(CCc2ccsc2)C1. The number of thiophene rings is 1. The van der Waals surface area contributed by atoms with Crippen molar-refractivity contribution in [1.82, 2.24) is 0 Å². The summed E-state index contributed by atoms with van der Waals surface area (Å²) in [6.45, 7) is 7.21. The summed E-state index contributed by atoms with van der Waals surface area (Å²) in [5, 5.41) is 4.49. The third-order valence-electron chi connectivity index (χ3n) is 4.50. The molecule has 102 valence electrons. The lowest BCUT2D eigenvalue weighted by Gasteiger charge is -2.40. The fraction of sp³-hybridized carbons (Fsp3) is 0.750. The van der Waals surface area contributed by atoms with Gasteiger partial charge in [0.2, 0.25) is 0 Å². The van der Waals surface area contributed by atoms with Crippen molar-refractivity contribution >= 4 is 27.3 Å². The predicted molar refractivity (Wildman–Crippen MR) is 85.6 cm³/mol. The summed E-state index contributed by atoms with van der Waals surface area (Å²) in [5.41, 5.74) is 2.01. The Morgan fingerprint density at radius 2 is 2.11 bits per heavy atom. The van der Waals surface area contributed by atoms with E-state index in [4.69, 9.17) is 0 Å². The minimum absolute atomic E-state index is 0.480. The number of aryl methyl sites for hydroxylation is 1. The van der Waals surface area contributed by atoms with Crippen LogP contribution in [0.5, 0.6) is 0 Å². The summed E-state index contributed by atoms with van der Waals surface area (Å²) in [4.78, 5) is 0.745. The van der Waals surface area contributed by atoms with Crippen molar-refractivity contribution in [2.75, 3.05) is 0 Å². The van der Waals surface area contributed by atoms with Crippen LogP contribution in [-0.2, 0) is 6.42 Å². The summed E-state index contributed by atoms with van der Waals surface area (Å²) < 4.78 is 0. The molecule has 3 unspecified atom stereocenters. The lowest BCUT2D eigenvalue weighted by Crippen LogP contribution is -2.32. The zero-order valence-corrected chi connectivity index (χ0v) is 14.2. The standard InChI is InChI=1S/C16H25BrS/c1-16(2,3)14-6-7-15(17)13(10-14)5-4-12-8-9-18-11-12/h8-9,11,13-15H,4-7,10H2,1-3H3. The molecule has 0 N–H and O–H groups in total. The van der Waals surface area contributed by atoms with Crippen LogP contribution in [0.15, 0.2) is 16.8 Å². The van der Waals surface area contributed by atoms with Crippen molar-refractivity contribution in [2.45, 2.75) is 57.7 Å². The molecule has 1 fully saturated rings. The Morgan fingerprint density at radius 1 is 1.33 bits per heavy atom. The zero-order chi connectivity index (χ0) is 13.2. The summed E-state index contributed by atoms with van der Waals surface area (Å²) in [7, 11) is 0. The van der Waals surface area contributed by atoms with E-state index in [2.05, 4.69) is 53.5 Å². The van der Waals surface area contributed by atoms with Crippen molar-refractivity contribution in [3.8, 4) is 0 Å². The van der Waals surface area contributed by atoms with Crippen LogP contribution in [0.2, 0.25) is 0 Å². The summed E-state index contributed by atoms with van der Waals surface area (Å²) >= 11 is 5.74. The highest BCUT2D eigenvalue weighted by atomic mass is 79.9. The van der Waals surface area contributed by atoms with Gasteiger partial charge in [-0.15, -0.1) is 0 Å². The minimum Gasteiger partial charge on any atom is -0.152 e. The minimum atomic E-state index is 0.480. The topological polar surface area (TPSA) is 0 Å². The van der Waals surface area contributed by atoms with Gasteiger partial charge in [-0.3, -0.25) is 0 Å². The lowest BCUT2D eigenvalue weighted by atomic mass is 9.68. The fourth-order valence-corrected chi connectivity index (χ4v) is 4.55. The van der Waals surface area contributed by atoms with Gasteiger partial charge in [-0.1, -0.05) is 36.7 Å². The van der Waals surface area contributed by atoms with Crippen LogP contribution in [-0.4, -0.2) is 4.83 Å². The van der Waals surface area contributed by atoms with Crippen molar-refractivity contribution in [2.24, 2.45) is 17.3 Å². The molecule has 0 aromatic carbocycles. The van der Waals surface area contributed by atoms with E-state index >= 15 is 0 Å². The molecule has 0 nitrogen and oxygen atoms in total. The molecule has 0 spiro atoms. The first-order valence-corrected chi connectivity index (χ1v) is 8.98. The van der Waals surface area contributed by atoms with E-state index in [1.54, 1.807) is 0 Å². The van der Waals surface area contributed by atoms with Crippen molar-refractivity contribution in [1.29, 1.82) is 0 Å². The van der Waals surface area contributed by atoms with Gasteiger partial charge in [-0.05, 0) is 71.7 Å². The largest absolute Gasteiger partial charge is 0.152 e. The van der Waals surface area contributed by atoms with E-state index in [1.165, 1.54) is 37.7 Å². The highest BCUT2D eigenvalue weighted by Gasteiger charge is 2.34. The Morgan fingerprint density at radius 3 is 2.72 bits per heavy atom. The number of halogens is 1. The molecule has 0 radical (unpaired) electrons. The van der Waals surface area contributed by atoms with E-state index < -0.39 is 0 Å². The Hall–Kier alpha value is 0.180. The van der Waals surface area contributed by atoms with Crippen LogP contribution >= 0.6 is 27.3 Å². The van der Waals surface area contributed by atoms with Crippen LogP contribution in [0.25, 0.3) is 0 Å². The van der Waals surface area contributed by atoms with Crippen LogP contribution in [0, 0.1) is 17.3 Å². The summed E-state index contributed by atoms with van der Waals surface area (Å²) in [6.07, 6.45) is 6.76. The maximum absolute atomic E-state index is 3.92. The van der Waals surface area contributed by atoms with E-state index in [0.29, 0.717) is 5.41 Å². The van der Waals surface area contributed by atoms with Gasteiger partial charge in [0.05, 0.1) is 0 Å². The smallest absolute Gasteiger partial charge is 0.0174 e. The predicted octanol–water partition coefficient (Wildman–Crippen LogP) is 5.91. The molecule has 1 aliphatic carbocycles. The van der Waals surface area contributed by atoms with Crippen molar-refractivity contribution in [3.63, 3.8) is 0 Å². The molecule has 1 aliphatic rings. The Bertz CT molecular complexity index is 350. The maximum atomic E-state index is 3.92. The number of hydrogen-bond acceptors (Lipinski definition) is 1. The molecule has 1 aromatic heterocycles. The number of hydrogen-bond donors (Lipinski definition) is 0. The molecule has 1 saturated carbocycles. The van der Waals surface area contributed by atoms with Gasteiger partial charge in [-0.2, -0.15) is 11.3 Å². The van der Waals surface area contributed by atoms with Gasteiger partial charge in [0, 0.05) is 4.83 Å². The van der Waals surface area contributed by atoms with Crippen LogP contribution in [0.3, 0.4) is 0 Å². The zero-order valence-electron chi connectivity index (χ0n) is 11.8. The highest BCUT2D eigenvalue weighted by molar-refractivity contribution is 9.09. The quantitative estimate of drug-likeness (QED) is 0.605. The van der Waals surface area contributed by atoms with E-state index in [0.717, 1.165) is 16.7 Å². The number of alkyl halides is 1. The molecular formula is C16H25BrS. The summed E-state index contributed by atoms with van der Waals surface area (Å²) in [5.74, 6) is 1.77. The second-order valence-corrected chi connectivity index (χ2v) is 8.78. The van der Waals surface area contributed by atoms with Gasteiger partial charge < -0.3 is 0 Å². The molecule has 2 rings (SSSR count). The van der Waals surface area contributed by atoms with E-state index in [9.17, 15) is 0 Å². The van der Waals surface area contributed by atoms with Crippen LogP contribution < -0.4 is 0 Å². The fourth-order valence-electron chi connectivity index (χ4n) is 3.10. The molecule has 0 saturated heterocycles. The molecule has 1 aromatic rings. The van der Waals surface area contributed by atoms with Crippen LogP contribution in [0.1, 0.15) is 52.0 Å². The van der Waals surface area contributed by atoms with Crippen molar-refractivity contribution in [3.05, 3.63) is 22.4 Å². The average Bonchev–Trinajstić information content (AvgIpc) is 2.79. The van der Waals surface area contributed by atoms with Crippen LogP contribution in [0.4, 0.5) is 0 Å². The Labute approximate surface area is 124 Å². The Balaban J connectivity index is 1.89. The third-order valence-corrected chi connectivity index (χ3v) is 6.44. The molecule has 1 heterocycles. The first-order chi connectivity index (χ1) is 8.47. The normalized spacial score (nSPS) is 29.4. The maximum Gasteiger partial charge on any atom is 0.0174 e. The molecule has 0 bridgehead atoms. The monoisotopic (exact) mass is 328 g/mol. The summed E-state index contributed by atoms with van der Waals surface area (Å²) in [6, 6.07) is 2.28. The van der Waals surface area contributed by atoms with Crippen molar-refractivity contribution < 1.29 is 0 Å². The third kappa shape index (κ3) is 3.84. The van der Waals surface area contributed by atoms with E-state index in [1.807, 2.05) is 11.3 Å². The lowest BCUT2D eigenvalue weighted by molar-refractivity contribution is 0.143. The molecular weight excluding hydrogens is 304 g/mol. The Kier molecular flexibility index (Phi) is 4.93. The average molecular weight is 329 g/mol. The van der Waals surface area contributed by atoms with E-state index in [-0.39, 0.29) is 0 Å². The number of rotatable bonds is 3. The van der Waals surface area contributed by atoms with Gasteiger partial charge >= 0.3 is 0 Å². The van der Waals surface area contributed by atoms with Gasteiger partial charge in [0.15, 0.2) is 0 Å². The highest BCUT2D eigenvalue weighted by Crippen LogP contribution is 2.43. The molecule has 3 atom stereocenters. The molecule has 0 amide bonds. The first-order valence-electron chi connectivity index (χ1n) is 7.12. The second-order valence-electron chi connectivity index (χ2n) is 6.82.